The van der Waals surface area contributed by atoms with E-state index < -0.39 is 11.5 Å². The topological polar surface area (TPSA) is 69.6 Å². The number of hydrogen-bond acceptors (Lipinski definition) is 2. The van der Waals surface area contributed by atoms with E-state index in [2.05, 4.69) is 11.2 Å². The van der Waals surface area contributed by atoms with Crippen LogP contribution in [0.25, 0.3) is 0 Å². The minimum atomic E-state index is -0.906. The van der Waals surface area contributed by atoms with Crippen LogP contribution in [-0.4, -0.2) is 40.6 Å². The molecule has 0 aliphatic rings. The largest absolute Gasteiger partial charge is 0.481 e. The van der Waals surface area contributed by atoms with Gasteiger partial charge in [-0.1, -0.05) is 0 Å². The van der Waals surface area contributed by atoms with E-state index in [0.717, 1.165) is 12.8 Å². The predicted molar refractivity (Wildman–Crippen MR) is 74.8 cm³/mol. The highest BCUT2D eigenvalue weighted by Crippen LogP contribution is 2.13. The number of carbonyl (C=O) groups excluding carboxylic acids is 1. The minimum Gasteiger partial charge on any atom is -0.481 e. The number of terminal acetylenes is 1. The Kier molecular flexibility index (Phi) is 7.66. The molecule has 0 aliphatic carbocycles. The number of nitrogens with zero attached hydrogens (tertiary/aromatic N) is 1. The lowest BCUT2D eigenvalue weighted by Crippen LogP contribution is -2.51. The van der Waals surface area contributed by atoms with Gasteiger partial charge in [-0.25, -0.2) is 4.79 Å². The van der Waals surface area contributed by atoms with Gasteiger partial charge in [-0.05, 0) is 33.6 Å². The maximum Gasteiger partial charge on any atom is 0.317 e. The molecule has 0 aromatic carbocycles. The normalized spacial score (nSPS) is 10.6. The third kappa shape index (κ3) is 8.09. The summed E-state index contributed by atoms with van der Waals surface area (Å²) in [6.45, 7) is 6.40. The number of hydrogen-bond donors (Lipinski definition) is 2. The monoisotopic (exact) mass is 268 g/mol. The fraction of sp³-hybridized carbons (Fsp3) is 0.714. The molecule has 0 fully saturated rings. The Morgan fingerprint density at radius 2 is 1.95 bits per heavy atom. The zero-order chi connectivity index (χ0) is 14.9. The molecule has 0 aliphatic heterocycles. The first-order chi connectivity index (χ1) is 8.79. The lowest BCUT2D eigenvalue weighted by atomic mass is 10.1. The molecule has 0 saturated heterocycles. The van der Waals surface area contributed by atoms with E-state index in [4.69, 9.17) is 11.5 Å². The van der Waals surface area contributed by atoms with Crippen molar-refractivity contribution in [1.29, 1.82) is 0 Å². The quantitative estimate of drug-likeness (QED) is 0.548. The van der Waals surface area contributed by atoms with Crippen molar-refractivity contribution in [3.05, 3.63) is 0 Å². The SMILES string of the molecule is C#CCCCCNC(=O)N(CCC(=O)O)C(C)(C)C. The summed E-state index contributed by atoms with van der Waals surface area (Å²) < 4.78 is 0. The molecule has 19 heavy (non-hydrogen) atoms. The number of carboxylic acids is 1. The second-order valence-electron chi connectivity index (χ2n) is 5.36. The minimum absolute atomic E-state index is 0.0538. The molecule has 5 nitrogen and oxygen atoms in total. The number of amides is 2. The zero-order valence-corrected chi connectivity index (χ0v) is 12.0. The van der Waals surface area contributed by atoms with Crippen molar-refractivity contribution in [3.63, 3.8) is 0 Å². The van der Waals surface area contributed by atoms with Gasteiger partial charge < -0.3 is 15.3 Å². The van der Waals surface area contributed by atoms with E-state index in [9.17, 15) is 9.59 Å². The van der Waals surface area contributed by atoms with Gasteiger partial charge in [0.15, 0.2) is 0 Å². The average Bonchev–Trinajstić information content (AvgIpc) is 2.26. The number of unbranched alkanes of at least 4 members (excludes halogenated alkanes) is 2. The van der Waals surface area contributed by atoms with Gasteiger partial charge in [-0.15, -0.1) is 12.3 Å². The Morgan fingerprint density at radius 3 is 2.42 bits per heavy atom. The van der Waals surface area contributed by atoms with E-state index in [1.165, 1.54) is 0 Å². The van der Waals surface area contributed by atoms with Crippen LogP contribution in [0, 0.1) is 12.3 Å². The highest BCUT2D eigenvalue weighted by atomic mass is 16.4. The van der Waals surface area contributed by atoms with Gasteiger partial charge in [-0.2, -0.15) is 0 Å². The van der Waals surface area contributed by atoms with Gasteiger partial charge in [0.25, 0.3) is 0 Å². The lowest BCUT2D eigenvalue weighted by Gasteiger charge is -2.35. The molecule has 2 N–H and O–H groups in total. The van der Waals surface area contributed by atoms with Crippen molar-refractivity contribution in [2.24, 2.45) is 0 Å². The summed E-state index contributed by atoms with van der Waals surface area (Å²) >= 11 is 0. The second-order valence-corrected chi connectivity index (χ2v) is 5.36. The van der Waals surface area contributed by atoms with E-state index >= 15 is 0 Å². The Balaban J connectivity index is 4.24. The van der Waals surface area contributed by atoms with Crippen LogP contribution in [0.1, 0.15) is 46.5 Å². The van der Waals surface area contributed by atoms with Crippen LogP contribution in [0.4, 0.5) is 4.79 Å². The third-order valence-electron chi connectivity index (χ3n) is 2.63. The van der Waals surface area contributed by atoms with Gasteiger partial charge in [0.1, 0.15) is 0 Å². The van der Waals surface area contributed by atoms with E-state index in [1.54, 1.807) is 4.90 Å². The van der Waals surface area contributed by atoms with Crippen LogP contribution in [0.3, 0.4) is 0 Å². The molecule has 0 atom stereocenters. The van der Waals surface area contributed by atoms with Crippen LogP contribution in [0.2, 0.25) is 0 Å². The molecule has 5 heteroatoms. The maximum atomic E-state index is 12.0. The van der Waals surface area contributed by atoms with E-state index in [0.29, 0.717) is 13.0 Å². The van der Waals surface area contributed by atoms with Crippen LogP contribution < -0.4 is 5.32 Å². The molecule has 0 unspecified atom stereocenters. The molecule has 0 aromatic rings. The molecule has 0 rings (SSSR count). The Bertz CT molecular complexity index is 340. The fourth-order valence-electron chi connectivity index (χ4n) is 1.59. The summed E-state index contributed by atoms with van der Waals surface area (Å²) in [6, 6.07) is -0.227. The molecule has 0 saturated carbocycles. The van der Waals surface area contributed by atoms with Crippen LogP contribution in [0.15, 0.2) is 0 Å². The van der Waals surface area contributed by atoms with Gasteiger partial charge in [0.05, 0.1) is 6.42 Å². The van der Waals surface area contributed by atoms with Gasteiger partial charge in [0.2, 0.25) is 0 Å². The molecule has 0 heterocycles. The highest BCUT2D eigenvalue weighted by Gasteiger charge is 2.26. The summed E-state index contributed by atoms with van der Waals surface area (Å²) in [7, 11) is 0. The maximum absolute atomic E-state index is 12.0. The summed E-state index contributed by atoms with van der Waals surface area (Å²) in [6.07, 6.45) is 7.50. The molecule has 0 spiro atoms. The highest BCUT2D eigenvalue weighted by molar-refractivity contribution is 5.76. The molecule has 108 valence electrons. The van der Waals surface area contributed by atoms with Crippen LogP contribution in [0.5, 0.6) is 0 Å². The van der Waals surface area contributed by atoms with Gasteiger partial charge >= 0.3 is 12.0 Å². The number of carbonyl (C=O) groups is 2. The van der Waals surface area contributed by atoms with Crippen molar-refractivity contribution in [2.75, 3.05) is 13.1 Å². The Labute approximate surface area is 115 Å². The second kappa shape index (κ2) is 8.41. The number of carboxylic acid groups (broad SMARTS) is 1. The molecule has 0 aromatic heterocycles. The molecular formula is C14H24N2O3. The van der Waals surface area contributed by atoms with Gasteiger partial charge in [-0.3, -0.25) is 4.79 Å². The van der Waals surface area contributed by atoms with Gasteiger partial charge in [0, 0.05) is 25.0 Å². The first-order valence-electron chi connectivity index (χ1n) is 6.49. The third-order valence-corrected chi connectivity index (χ3v) is 2.63. The van der Waals surface area contributed by atoms with Crippen LogP contribution >= 0.6 is 0 Å². The smallest absolute Gasteiger partial charge is 0.317 e. The number of rotatable bonds is 7. The standard InChI is InChI=1S/C14H24N2O3/c1-5-6-7-8-10-15-13(19)16(14(2,3)4)11-9-12(17)18/h1H,6-11H2,2-4H3,(H,15,19)(H,17,18). The number of urea groups is 1. The molecular weight excluding hydrogens is 244 g/mol. The summed E-state index contributed by atoms with van der Waals surface area (Å²) in [5.41, 5.74) is -0.404. The molecule has 0 bridgehead atoms. The summed E-state index contributed by atoms with van der Waals surface area (Å²) in [5, 5.41) is 11.5. The zero-order valence-electron chi connectivity index (χ0n) is 12.0. The average molecular weight is 268 g/mol. The Morgan fingerprint density at radius 1 is 1.32 bits per heavy atom. The summed E-state index contributed by atoms with van der Waals surface area (Å²) in [4.78, 5) is 24.2. The van der Waals surface area contributed by atoms with Crippen molar-refractivity contribution < 1.29 is 14.7 Å². The Hall–Kier alpha value is -1.70. The fourth-order valence-corrected chi connectivity index (χ4v) is 1.59. The summed E-state index contributed by atoms with van der Waals surface area (Å²) in [5.74, 6) is 1.64. The van der Waals surface area contributed by atoms with Crippen LogP contribution in [-0.2, 0) is 4.79 Å². The first kappa shape index (κ1) is 17.3. The molecule has 0 radical (unpaired) electrons. The van der Waals surface area contributed by atoms with E-state index in [1.807, 2.05) is 20.8 Å². The lowest BCUT2D eigenvalue weighted by molar-refractivity contribution is -0.137. The number of nitrogens with one attached hydrogen (secondary N) is 1. The van der Waals surface area contributed by atoms with Crippen molar-refractivity contribution in [2.45, 2.75) is 52.0 Å². The first-order valence-corrected chi connectivity index (χ1v) is 6.49. The molecule has 2 amide bonds. The predicted octanol–water partition coefficient (Wildman–Crippen LogP) is 2.07. The van der Waals surface area contributed by atoms with E-state index in [-0.39, 0.29) is 19.0 Å². The number of aliphatic carboxylic acids is 1. The van der Waals surface area contributed by atoms with Crippen molar-refractivity contribution in [1.82, 2.24) is 10.2 Å². The van der Waals surface area contributed by atoms with Crippen molar-refractivity contribution >= 4 is 12.0 Å². The van der Waals surface area contributed by atoms with Crippen molar-refractivity contribution in [3.8, 4) is 12.3 Å².